The molecule has 0 spiro atoms. The predicted octanol–water partition coefficient (Wildman–Crippen LogP) is 4.77. The Morgan fingerprint density at radius 3 is 2.25 bits per heavy atom. The molecule has 0 N–H and O–H groups in total. The second-order valence-corrected chi connectivity index (χ2v) is 11.0. The zero-order valence-corrected chi connectivity index (χ0v) is 19.0. The number of amides is 1. The van der Waals surface area contributed by atoms with Gasteiger partial charge in [0.15, 0.2) is 26.2 Å². The molecule has 1 amide bonds. The number of halogens is 3. The van der Waals surface area contributed by atoms with E-state index < -0.39 is 26.2 Å². The summed E-state index contributed by atoms with van der Waals surface area (Å²) in [5, 5.41) is 0.426. The average Bonchev–Trinajstić information content (AvgIpc) is 3.28. The molecule has 2 aromatic carbocycles. The van der Waals surface area contributed by atoms with E-state index >= 15 is 0 Å². The number of benzene rings is 2. The van der Waals surface area contributed by atoms with Crippen molar-refractivity contribution in [1.82, 2.24) is 4.90 Å². The molecule has 1 heterocycles. The van der Waals surface area contributed by atoms with E-state index in [4.69, 9.17) is 16.3 Å². The monoisotopic (exact) mass is 483 g/mol. The van der Waals surface area contributed by atoms with Gasteiger partial charge in [0.25, 0.3) is 0 Å². The van der Waals surface area contributed by atoms with Crippen molar-refractivity contribution < 1.29 is 26.7 Å². The smallest absolute Gasteiger partial charge is 0.244 e. The Morgan fingerprint density at radius 1 is 1.03 bits per heavy atom. The molecular weight excluding hydrogens is 460 g/mol. The maximum absolute atomic E-state index is 13.9. The quantitative estimate of drug-likeness (QED) is 0.614. The first kappa shape index (κ1) is 23.0. The lowest BCUT2D eigenvalue weighted by Gasteiger charge is -2.38. The standard InChI is InChI=1S/C23H24ClF2NO4S/c24-16-3-6-19(7-4-16)32(29,30)23(11-1-2-12-23)22(28)27-13-9-18(10-14-27)31-21-8-5-17(25)15-20(21)26/h3-8,15,18H,1-2,9-14H2. The van der Waals surface area contributed by atoms with Gasteiger partial charge in [-0.05, 0) is 49.2 Å². The molecule has 9 heteroatoms. The molecule has 5 nitrogen and oxygen atoms in total. The van der Waals surface area contributed by atoms with Crippen LogP contribution < -0.4 is 4.74 Å². The summed E-state index contributed by atoms with van der Waals surface area (Å²) in [4.78, 5) is 15.2. The van der Waals surface area contributed by atoms with E-state index in [1.807, 2.05) is 0 Å². The molecule has 1 aliphatic heterocycles. The lowest BCUT2D eigenvalue weighted by Crippen LogP contribution is -2.55. The van der Waals surface area contributed by atoms with Crippen LogP contribution in [0, 0.1) is 11.6 Å². The zero-order chi connectivity index (χ0) is 22.9. The fraction of sp³-hybridized carbons (Fsp3) is 0.435. The maximum atomic E-state index is 13.9. The van der Waals surface area contributed by atoms with Crippen LogP contribution in [0.4, 0.5) is 8.78 Å². The summed E-state index contributed by atoms with van der Waals surface area (Å²) in [7, 11) is -3.90. The van der Waals surface area contributed by atoms with E-state index in [-0.39, 0.29) is 35.5 Å². The summed E-state index contributed by atoms with van der Waals surface area (Å²) in [5.41, 5.74) is 0. The van der Waals surface area contributed by atoms with E-state index in [2.05, 4.69) is 0 Å². The molecule has 0 atom stereocenters. The van der Waals surface area contributed by atoms with Gasteiger partial charge in [0.05, 0.1) is 4.90 Å². The Kier molecular flexibility index (Phi) is 6.45. The SMILES string of the molecule is O=C(N1CCC(Oc2ccc(F)cc2F)CC1)C1(S(=O)(=O)c2ccc(Cl)cc2)CCCC1. The Morgan fingerprint density at radius 2 is 1.66 bits per heavy atom. The van der Waals surface area contributed by atoms with Crippen LogP contribution in [0.5, 0.6) is 5.75 Å². The molecule has 2 fully saturated rings. The van der Waals surface area contributed by atoms with Crippen molar-refractivity contribution >= 4 is 27.3 Å². The summed E-state index contributed by atoms with van der Waals surface area (Å²) >= 11 is 5.91. The van der Waals surface area contributed by atoms with Gasteiger partial charge in [0.2, 0.25) is 5.91 Å². The highest BCUT2D eigenvalue weighted by Gasteiger charge is 2.54. The Labute approximate surface area is 191 Å². The highest BCUT2D eigenvalue weighted by atomic mass is 35.5. The Bertz CT molecular complexity index is 1090. The van der Waals surface area contributed by atoms with Gasteiger partial charge in [-0.2, -0.15) is 0 Å². The fourth-order valence-electron chi connectivity index (χ4n) is 4.60. The lowest BCUT2D eigenvalue weighted by atomic mass is 10.0. The number of carbonyl (C=O) groups is 1. The molecule has 4 rings (SSSR count). The lowest BCUT2D eigenvalue weighted by molar-refractivity contribution is -0.135. The number of nitrogens with zero attached hydrogens (tertiary/aromatic N) is 1. The average molecular weight is 484 g/mol. The second kappa shape index (κ2) is 8.98. The summed E-state index contributed by atoms with van der Waals surface area (Å²) < 4.78 is 58.2. The van der Waals surface area contributed by atoms with Gasteiger partial charge in [-0.25, -0.2) is 17.2 Å². The third-order valence-corrected chi connectivity index (χ3v) is 9.11. The topological polar surface area (TPSA) is 63.7 Å². The molecule has 0 bridgehead atoms. The van der Waals surface area contributed by atoms with Crippen LogP contribution in [-0.2, 0) is 14.6 Å². The number of sulfone groups is 1. The number of piperidine rings is 1. The molecule has 1 aliphatic carbocycles. The maximum Gasteiger partial charge on any atom is 0.244 e. The first-order valence-corrected chi connectivity index (χ1v) is 12.5. The number of hydrogen-bond acceptors (Lipinski definition) is 4. The highest BCUT2D eigenvalue weighted by molar-refractivity contribution is 7.93. The molecule has 0 radical (unpaired) electrons. The molecule has 32 heavy (non-hydrogen) atoms. The summed E-state index contributed by atoms with van der Waals surface area (Å²) in [6.07, 6.45) is 2.43. The Balaban J connectivity index is 1.48. The van der Waals surface area contributed by atoms with E-state index in [0.717, 1.165) is 12.1 Å². The molecule has 0 unspecified atom stereocenters. The molecule has 2 aromatic rings. The van der Waals surface area contributed by atoms with Gasteiger partial charge in [-0.3, -0.25) is 4.79 Å². The van der Waals surface area contributed by atoms with Crippen molar-refractivity contribution in [3.63, 3.8) is 0 Å². The fourth-order valence-corrected chi connectivity index (χ4v) is 6.85. The minimum absolute atomic E-state index is 0.0336. The minimum atomic E-state index is -3.90. The zero-order valence-electron chi connectivity index (χ0n) is 17.4. The third kappa shape index (κ3) is 4.22. The van der Waals surface area contributed by atoms with Crippen LogP contribution in [0.1, 0.15) is 38.5 Å². The molecular formula is C23H24ClF2NO4S. The van der Waals surface area contributed by atoms with Crippen LogP contribution in [0.2, 0.25) is 5.02 Å². The molecule has 1 saturated heterocycles. The van der Waals surface area contributed by atoms with Gasteiger partial charge in [-0.1, -0.05) is 24.4 Å². The normalized spacial score (nSPS) is 19.2. The number of carbonyl (C=O) groups excluding carboxylic acids is 1. The first-order chi connectivity index (χ1) is 15.2. The van der Waals surface area contributed by atoms with Crippen molar-refractivity contribution in [2.24, 2.45) is 0 Å². The van der Waals surface area contributed by atoms with E-state index in [9.17, 15) is 22.0 Å². The minimum Gasteiger partial charge on any atom is -0.487 e. The van der Waals surface area contributed by atoms with Crippen molar-refractivity contribution in [3.8, 4) is 5.75 Å². The van der Waals surface area contributed by atoms with Crippen LogP contribution in [0.25, 0.3) is 0 Å². The number of likely N-dealkylation sites (tertiary alicyclic amines) is 1. The van der Waals surface area contributed by atoms with Gasteiger partial charge in [0, 0.05) is 37.0 Å². The van der Waals surface area contributed by atoms with Crippen LogP contribution in [0.3, 0.4) is 0 Å². The molecule has 2 aliphatic rings. The van der Waals surface area contributed by atoms with E-state index in [1.54, 1.807) is 4.90 Å². The van der Waals surface area contributed by atoms with Gasteiger partial charge >= 0.3 is 0 Å². The molecule has 172 valence electrons. The molecule has 1 saturated carbocycles. The van der Waals surface area contributed by atoms with Gasteiger partial charge in [0.1, 0.15) is 11.9 Å². The van der Waals surface area contributed by atoms with Crippen LogP contribution >= 0.6 is 11.6 Å². The van der Waals surface area contributed by atoms with Crippen LogP contribution in [-0.4, -0.2) is 43.2 Å². The summed E-state index contributed by atoms with van der Waals surface area (Å²) in [6, 6.07) is 9.05. The predicted molar refractivity (Wildman–Crippen MR) is 116 cm³/mol. The van der Waals surface area contributed by atoms with Gasteiger partial charge < -0.3 is 9.64 Å². The van der Waals surface area contributed by atoms with Crippen molar-refractivity contribution in [2.75, 3.05) is 13.1 Å². The largest absolute Gasteiger partial charge is 0.487 e. The number of rotatable bonds is 5. The number of hydrogen-bond donors (Lipinski definition) is 0. The highest BCUT2D eigenvalue weighted by Crippen LogP contribution is 2.42. The molecule has 0 aromatic heterocycles. The van der Waals surface area contributed by atoms with Crippen molar-refractivity contribution in [2.45, 2.75) is 54.3 Å². The van der Waals surface area contributed by atoms with Crippen LogP contribution in [0.15, 0.2) is 47.4 Å². The van der Waals surface area contributed by atoms with Crippen molar-refractivity contribution in [3.05, 3.63) is 59.1 Å². The Hall–Kier alpha value is -2.19. The van der Waals surface area contributed by atoms with Gasteiger partial charge in [-0.15, -0.1) is 0 Å². The third-order valence-electron chi connectivity index (χ3n) is 6.36. The second-order valence-electron chi connectivity index (χ2n) is 8.34. The van der Waals surface area contributed by atoms with Crippen molar-refractivity contribution in [1.29, 1.82) is 0 Å². The van der Waals surface area contributed by atoms with E-state index in [0.29, 0.717) is 43.8 Å². The summed E-state index contributed by atoms with van der Waals surface area (Å²) in [5.74, 6) is -1.87. The first-order valence-electron chi connectivity index (χ1n) is 10.6. The summed E-state index contributed by atoms with van der Waals surface area (Å²) in [6.45, 7) is 0.619. The number of ether oxygens (including phenoxy) is 1. The van der Waals surface area contributed by atoms with E-state index in [1.165, 1.54) is 30.3 Å².